The van der Waals surface area contributed by atoms with Crippen molar-refractivity contribution in [3.8, 4) is 22.5 Å². The highest BCUT2D eigenvalue weighted by molar-refractivity contribution is 7.20. The molecule has 2 nitrogen and oxygen atoms in total. The van der Waals surface area contributed by atoms with Gasteiger partial charge in [-0.3, -0.25) is 0 Å². The van der Waals surface area contributed by atoms with Crippen LogP contribution in [0.3, 0.4) is 0 Å². The van der Waals surface area contributed by atoms with Crippen LogP contribution >= 0.6 is 0 Å². The molecule has 0 unspecified atom stereocenters. The van der Waals surface area contributed by atoms with Gasteiger partial charge in [0.05, 0.1) is 27.8 Å². The average molecular weight is 743 g/mol. The monoisotopic (exact) mass is 742 g/mol. The Hall–Kier alpha value is -7.20. The predicted molar refractivity (Wildman–Crippen MR) is 244 cm³/mol. The Bertz CT molecular complexity index is 3110. The second-order valence-corrected chi connectivity index (χ2v) is 18.7. The smallest absolute Gasteiger partial charge is 0.179 e. The molecule has 3 heteroatoms. The summed E-state index contributed by atoms with van der Waals surface area (Å²) in [5.74, 6) is 0. The van der Waals surface area contributed by atoms with E-state index in [1.54, 1.807) is 0 Å². The molecule has 0 atom stereocenters. The van der Waals surface area contributed by atoms with Gasteiger partial charge < -0.3 is 9.13 Å². The standard InChI is InChI=1S/C54H38N2Si/c1-6-20-39(21-7-1)45-36-37-51(53-48-31-17-19-33-50(48)55(54(45)53)40-22-8-2-9-23-40)56-49-32-18-16-30-46(49)47-35-34-44(38-52(47)56)57(41-24-10-3-11-25-41,42-26-12-4-13-27-42)43-28-14-5-15-29-43/h1-38H. The molecule has 0 aliphatic carbocycles. The Morgan fingerprint density at radius 3 is 1.39 bits per heavy atom. The Balaban J connectivity index is 1.30. The normalized spacial score (nSPS) is 11.9. The van der Waals surface area contributed by atoms with Gasteiger partial charge in [-0.05, 0) is 62.7 Å². The molecule has 0 amide bonds. The third-order valence-corrected chi connectivity index (χ3v) is 16.6. The zero-order valence-electron chi connectivity index (χ0n) is 31.3. The molecular formula is C54H38N2Si. The van der Waals surface area contributed by atoms with Crippen LogP contribution in [-0.2, 0) is 0 Å². The second kappa shape index (κ2) is 13.5. The van der Waals surface area contributed by atoms with Crippen LogP contribution in [-0.4, -0.2) is 17.2 Å². The maximum atomic E-state index is 2.55. The first-order chi connectivity index (χ1) is 28.3. The molecular weight excluding hydrogens is 705 g/mol. The van der Waals surface area contributed by atoms with Gasteiger partial charge >= 0.3 is 0 Å². The van der Waals surface area contributed by atoms with Crippen molar-refractivity contribution in [3.05, 3.63) is 231 Å². The molecule has 268 valence electrons. The topological polar surface area (TPSA) is 9.86 Å². The Morgan fingerprint density at radius 1 is 0.316 bits per heavy atom. The first kappa shape index (κ1) is 33.2. The van der Waals surface area contributed by atoms with Gasteiger partial charge in [0.1, 0.15) is 0 Å². The van der Waals surface area contributed by atoms with Crippen LogP contribution in [0, 0.1) is 0 Å². The zero-order valence-corrected chi connectivity index (χ0v) is 32.3. The van der Waals surface area contributed by atoms with Crippen molar-refractivity contribution in [2.75, 3.05) is 0 Å². The van der Waals surface area contributed by atoms with Crippen molar-refractivity contribution in [2.45, 2.75) is 0 Å². The number of rotatable bonds is 7. The third kappa shape index (κ3) is 5.10. The molecule has 0 saturated heterocycles. The maximum Gasteiger partial charge on any atom is 0.179 e. The average Bonchev–Trinajstić information content (AvgIpc) is 3.81. The van der Waals surface area contributed by atoms with E-state index in [-0.39, 0.29) is 0 Å². The van der Waals surface area contributed by atoms with Gasteiger partial charge in [-0.15, -0.1) is 0 Å². The lowest BCUT2D eigenvalue weighted by Gasteiger charge is -2.34. The Morgan fingerprint density at radius 2 is 0.789 bits per heavy atom. The number of nitrogens with zero attached hydrogens (tertiary/aromatic N) is 2. The van der Waals surface area contributed by atoms with E-state index in [2.05, 4.69) is 240 Å². The van der Waals surface area contributed by atoms with E-state index in [4.69, 9.17) is 0 Å². The van der Waals surface area contributed by atoms with Crippen LogP contribution in [0.4, 0.5) is 0 Å². The molecule has 0 aliphatic rings. The van der Waals surface area contributed by atoms with Crippen molar-refractivity contribution < 1.29 is 0 Å². The first-order valence-electron chi connectivity index (χ1n) is 19.7. The molecule has 11 aromatic rings. The van der Waals surface area contributed by atoms with Gasteiger partial charge in [0.25, 0.3) is 0 Å². The Kier molecular flexibility index (Phi) is 7.87. The van der Waals surface area contributed by atoms with E-state index in [9.17, 15) is 0 Å². The highest BCUT2D eigenvalue weighted by Crippen LogP contribution is 2.43. The third-order valence-electron chi connectivity index (χ3n) is 11.9. The fourth-order valence-electron chi connectivity index (χ4n) is 9.49. The molecule has 0 radical (unpaired) electrons. The van der Waals surface area contributed by atoms with E-state index in [1.807, 2.05) is 0 Å². The summed E-state index contributed by atoms with van der Waals surface area (Å²) in [6.07, 6.45) is 0. The van der Waals surface area contributed by atoms with Gasteiger partial charge in [0.2, 0.25) is 0 Å². The summed E-state index contributed by atoms with van der Waals surface area (Å²) >= 11 is 0. The molecule has 11 rings (SSSR count). The van der Waals surface area contributed by atoms with Crippen LogP contribution in [0.15, 0.2) is 231 Å². The summed E-state index contributed by atoms with van der Waals surface area (Å²) in [6, 6.07) is 85.2. The van der Waals surface area contributed by atoms with Crippen molar-refractivity contribution in [1.29, 1.82) is 0 Å². The summed E-state index contributed by atoms with van der Waals surface area (Å²) in [4.78, 5) is 0. The van der Waals surface area contributed by atoms with Crippen LogP contribution < -0.4 is 20.7 Å². The van der Waals surface area contributed by atoms with Crippen molar-refractivity contribution in [1.82, 2.24) is 9.13 Å². The van der Waals surface area contributed by atoms with Gasteiger partial charge in [-0.25, -0.2) is 0 Å². The van der Waals surface area contributed by atoms with Crippen molar-refractivity contribution >= 4 is 72.4 Å². The van der Waals surface area contributed by atoms with E-state index in [0.717, 1.165) is 5.69 Å². The number of aromatic nitrogens is 2. The molecule has 2 heterocycles. The minimum atomic E-state index is -2.80. The summed E-state index contributed by atoms with van der Waals surface area (Å²) in [5.41, 5.74) is 9.52. The molecule has 57 heavy (non-hydrogen) atoms. The van der Waals surface area contributed by atoms with E-state index < -0.39 is 8.07 Å². The van der Waals surface area contributed by atoms with Gasteiger partial charge in [0, 0.05) is 32.8 Å². The molecule has 0 saturated carbocycles. The SMILES string of the molecule is c1ccc(-c2ccc(-n3c4ccccc4c4ccc([Si](c5ccccc5)(c5ccccc5)c5ccccc5)cc43)c3c4ccccc4n(-c4ccccc4)c23)cc1. The zero-order chi connectivity index (χ0) is 37.8. The molecule has 0 aliphatic heterocycles. The summed E-state index contributed by atoms with van der Waals surface area (Å²) in [7, 11) is -2.80. The minimum Gasteiger partial charge on any atom is -0.309 e. The van der Waals surface area contributed by atoms with Gasteiger partial charge in [-0.1, -0.05) is 194 Å². The number of hydrogen-bond acceptors (Lipinski definition) is 0. The lowest BCUT2D eigenvalue weighted by Crippen LogP contribution is -2.74. The van der Waals surface area contributed by atoms with Crippen LogP contribution in [0.1, 0.15) is 0 Å². The van der Waals surface area contributed by atoms with Crippen LogP contribution in [0.2, 0.25) is 0 Å². The second-order valence-electron chi connectivity index (χ2n) is 14.8. The summed E-state index contributed by atoms with van der Waals surface area (Å²) in [5, 5.41) is 10.4. The Labute approximate surface area is 333 Å². The molecule has 0 bridgehead atoms. The van der Waals surface area contributed by atoms with E-state index >= 15 is 0 Å². The highest BCUT2D eigenvalue weighted by atomic mass is 28.3. The molecule has 0 spiro atoms. The molecule has 2 aromatic heterocycles. The van der Waals surface area contributed by atoms with E-state index in [1.165, 1.54) is 81.2 Å². The number of para-hydroxylation sites is 3. The fraction of sp³-hybridized carbons (Fsp3) is 0. The summed E-state index contributed by atoms with van der Waals surface area (Å²) in [6.45, 7) is 0. The predicted octanol–water partition coefficient (Wildman–Crippen LogP) is 10.9. The quantitative estimate of drug-likeness (QED) is 0.114. The molecule has 9 aromatic carbocycles. The van der Waals surface area contributed by atoms with Crippen LogP contribution in [0.5, 0.6) is 0 Å². The minimum absolute atomic E-state index is 1.15. The molecule has 0 N–H and O–H groups in total. The molecule has 0 fully saturated rings. The lowest BCUT2D eigenvalue weighted by atomic mass is 10.0. The van der Waals surface area contributed by atoms with Gasteiger partial charge in [-0.2, -0.15) is 0 Å². The fourth-order valence-corrected chi connectivity index (χ4v) is 14.3. The number of hydrogen-bond donors (Lipinski definition) is 0. The maximum absolute atomic E-state index is 2.80. The van der Waals surface area contributed by atoms with Crippen LogP contribution in [0.25, 0.3) is 66.1 Å². The van der Waals surface area contributed by atoms with E-state index in [0.29, 0.717) is 0 Å². The number of benzene rings is 9. The van der Waals surface area contributed by atoms with Gasteiger partial charge in [0.15, 0.2) is 8.07 Å². The summed E-state index contributed by atoms with van der Waals surface area (Å²) < 4.78 is 5.02. The number of fused-ring (bicyclic) bond motifs is 6. The lowest BCUT2D eigenvalue weighted by molar-refractivity contribution is 1.17. The van der Waals surface area contributed by atoms with Crippen molar-refractivity contribution in [2.24, 2.45) is 0 Å². The first-order valence-corrected chi connectivity index (χ1v) is 21.7. The largest absolute Gasteiger partial charge is 0.309 e. The highest BCUT2D eigenvalue weighted by Gasteiger charge is 2.41. The van der Waals surface area contributed by atoms with Crippen molar-refractivity contribution in [3.63, 3.8) is 0 Å².